The van der Waals surface area contributed by atoms with Crippen LogP contribution in [0.25, 0.3) is 5.57 Å². The number of rotatable bonds is 5. The maximum Gasteiger partial charge on any atom is 0.338 e. The van der Waals surface area contributed by atoms with E-state index in [1.165, 1.54) is 31.4 Å². The molecule has 4 heteroatoms. The molecule has 0 saturated carbocycles. The van der Waals surface area contributed by atoms with E-state index in [1.807, 2.05) is 13.8 Å². The number of halogens is 1. The van der Waals surface area contributed by atoms with Gasteiger partial charge in [-0.3, -0.25) is 0 Å². The fraction of sp³-hybridized carbons (Fsp3) is 0.333. The number of carbonyl (C=O) groups is 2. The fourth-order valence-corrected chi connectivity index (χ4v) is 1.35. The quantitative estimate of drug-likeness (QED) is 0.355. The van der Waals surface area contributed by atoms with Gasteiger partial charge < -0.3 is 9.53 Å². The first kappa shape index (κ1) is 17.0. The third-order valence-electron chi connectivity index (χ3n) is 2.19. The van der Waals surface area contributed by atoms with Crippen LogP contribution in [0.5, 0.6) is 0 Å². The van der Waals surface area contributed by atoms with Crippen LogP contribution in [0.3, 0.4) is 0 Å². The van der Waals surface area contributed by atoms with Gasteiger partial charge in [0.25, 0.3) is 0 Å². The molecule has 0 heterocycles. The molecule has 0 aliphatic rings. The van der Waals surface area contributed by atoms with Crippen LogP contribution in [0.2, 0.25) is 0 Å². The molecular weight excluding hydrogens is 247 g/mol. The van der Waals surface area contributed by atoms with E-state index in [1.54, 1.807) is 6.08 Å². The number of benzene rings is 1. The van der Waals surface area contributed by atoms with Gasteiger partial charge in [0, 0.05) is 6.42 Å². The van der Waals surface area contributed by atoms with Crippen molar-refractivity contribution >= 4 is 17.8 Å². The van der Waals surface area contributed by atoms with Crippen molar-refractivity contribution in [3.05, 3.63) is 41.7 Å². The molecule has 0 radical (unpaired) electrons. The number of methoxy groups -OCH3 is 1. The van der Waals surface area contributed by atoms with Crippen LogP contribution in [0.4, 0.5) is 4.39 Å². The van der Waals surface area contributed by atoms with Crippen LogP contribution in [-0.2, 0) is 14.3 Å². The van der Waals surface area contributed by atoms with Gasteiger partial charge in [-0.1, -0.05) is 32.1 Å². The summed E-state index contributed by atoms with van der Waals surface area (Å²) in [5.74, 6) is -0.867. The Morgan fingerprint density at radius 3 is 2.26 bits per heavy atom. The van der Waals surface area contributed by atoms with Gasteiger partial charge in [-0.15, -0.1) is 0 Å². The summed E-state index contributed by atoms with van der Waals surface area (Å²) in [5, 5.41) is 0. The van der Waals surface area contributed by atoms with E-state index in [0.29, 0.717) is 24.0 Å². The number of aldehydes is 1. The van der Waals surface area contributed by atoms with Gasteiger partial charge in [0.05, 0.1) is 12.7 Å². The highest BCUT2D eigenvalue weighted by atomic mass is 19.1. The second-order valence-electron chi connectivity index (χ2n) is 3.36. The summed E-state index contributed by atoms with van der Waals surface area (Å²) < 4.78 is 17.4. The number of allylic oxidation sites excluding steroid dienone is 1. The topological polar surface area (TPSA) is 43.4 Å². The van der Waals surface area contributed by atoms with Crippen molar-refractivity contribution in [1.29, 1.82) is 0 Å². The lowest BCUT2D eigenvalue weighted by molar-refractivity contribution is -0.133. The first-order valence-electron chi connectivity index (χ1n) is 6.17. The molecule has 3 nitrogen and oxygen atoms in total. The first-order valence-corrected chi connectivity index (χ1v) is 6.17. The van der Waals surface area contributed by atoms with Crippen molar-refractivity contribution in [2.75, 3.05) is 7.11 Å². The monoisotopic (exact) mass is 266 g/mol. The number of unbranched alkanes of at least 4 members (excludes halogenated alkanes) is 1. The molecule has 0 spiro atoms. The van der Waals surface area contributed by atoms with Crippen molar-refractivity contribution in [3.63, 3.8) is 0 Å². The SMILES string of the molecule is CC.COC(=O)/C(=C\CCC=O)c1ccc(F)cc1. The van der Waals surface area contributed by atoms with E-state index >= 15 is 0 Å². The van der Waals surface area contributed by atoms with Crippen molar-refractivity contribution in [2.24, 2.45) is 0 Å². The molecule has 1 rings (SSSR count). The zero-order valence-electron chi connectivity index (χ0n) is 11.5. The first-order chi connectivity index (χ1) is 9.19. The Kier molecular flexibility index (Phi) is 8.96. The van der Waals surface area contributed by atoms with E-state index in [9.17, 15) is 14.0 Å². The van der Waals surface area contributed by atoms with Gasteiger partial charge in [0.1, 0.15) is 12.1 Å². The number of hydrogen-bond acceptors (Lipinski definition) is 3. The average molecular weight is 266 g/mol. The number of hydrogen-bond donors (Lipinski definition) is 0. The van der Waals surface area contributed by atoms with Gasteiger partial charge in [-0.25, -0.2) is 9.18 Å². The Hall–Kier alpha value is -1.97. The highest BCUT2D eigenvalue weighted by Crippen LogP contribution is 2.17. The zero-order valence-corrected chi connectivity index (χ0v) is 11.5. The fourth-order valence-electron chi connectivity index (χ4n) is 1.35. The summed E-state index contributed by atoms with van der Waals surface area (Å²) >= 11 is 0. The molecule has 0 fully saturated rings. The maximum atomic E-state index is 12.8. The molecule has 0 unspecified atom stereocenters. The smallest absolute Gasteiger partial charge is 0.338 e. The summed E-state index contributed by atoms with van der Waals surface area (Å²) in [6, 6.07) is 5.54. The Morgan fingerprint density at radius 2 is 1.79 bits per heavy atom. The Morgan fingerprint density at radius 1 is 1.21 bits per heavy atom. The molecular formula is C15H19FO3. The van der Waals surface area contributed by atoms with Gasteiger partial charge in [0.2, 0.25) is 0 Å². The van der Waals surface area contributed by atoms with E-state index < -0.39 is 5.97 Å². The maximum absolute atomic E-state index is 12.8. The minimum Gasteiger partial charge on any atom is -0.465 e. The lowest BCUT2D eigenvalue weighted by Gasteiger charge is -2.05. The van der Waals surface area contributed by atoms with Crippen molar-refractivity contribution in [3.8, 4) is 0 Å². The normalized spacial score (nSPS) is 10.2. The number of carbonyl (C=O) groups excluding carboxylic acids is 2. The molecule has 0 bridgehead atoms. The third kappa shape index (κ3) is 5.95. The van der Waals surface area contributed by atoms with Crippen molar-refractivity contribution in [1.82, 2.24) is 0 Å². The van der Waals surface area contributed by atoms with E-state index in [4.69, 9.17) is 0 Å². The highest BCUT2D eigenvalue weighted by Gasteiger charge is 2.11. The van der Waals surface area contributed by atoms with Crippen LogP contribution in [-0.4, -0.2) is 19.4 Å². The van der Waals surface area contributed by atoms with Crippen LogP contribution < -0.4 is 0 Å². The molecule has 0 saturated heterocycles. The number of esters is 1. The predicted molar refractivity (Wildman–Crippen MR) is 73.0 cm³/mol. The second-order valence-corrected chi connectivity index (χ2v) is 3.36. The molecule has 0 aliphatic heterocycles. The molecule has 0 aromatic heterocycles. The van der Waals surface area contributed by atoms with Crippen LogP contribution in [0.1, 0.15) is 32.3 Å². The predicted octanol–water partition coefficient (Wildman–Crippen LogP) is 3.39. The second kappa shape index (κ2) is 10.00. The third-order valence-corrected chi connectivity index (χ3v) is 2.19. The average Bonchev–Trinajstić information content (AvgIpc) is 2.46. The highest BCUT2D eigenvalue weighted by molar-refractivity contribution is 6.16. The van der Waals surface area contributed by atoms with Gasteiger partial charge >= 0.3 is 5.97 Å². The molecule has 104 valence electrons. The minimum atomic E-state index is -0.498. The van der Waals surface area contributed by atoms with Crippen LogP contribution in [0, 0.1) is 5.82 Å². The van der Waals surface area contributed by atoms with Gasteiger partial charge in [0.15, 0.2) is 0 Å². The Balaban J connectivity index is 0.00000154. The summed E-state index contributed by atoms with van der Waals surface area (Å²) in [5.41, 5.74) is 0.915. The molecule has 0 aliphatic carbocycles. The summed E-state index contributed by atoms with van der Waals surface area (Å²) in [7, 11) is 1.28. The summed E-state index contributed by atoms with van der Waals surface area (Å²) in [4.78, 5) is 21.7. The van der Waals surface area contributed by atoms with E-state index in [2.05, 4.69) is 4.74 Å². The van der Waals surface area contributed by atoms with Gasteiger partial charge in [-0.2, -0.15) is 0 Å². The Labute approximate surface area is 113 Å². The minimum absolute atomic E-state index is 0.335. The molecule has 1 aromatic rings. The molecule has 19 heavy (non-hydrogen) atoms. The lowest BCUT2D eigenvalue weighted by Crippen LogP contribution is -2.04. The summed E-state index contributed by atoms with van der Waals surface area (Å²) in [6.45, 7) is 4.00. The molecule has 0 atom stereocenters. The zero-order chi connectivity index (χ0) is 14.7. The van der Waals surface area contributed by atoms with Crippen LogP contribution >= 0.6 is 0 Å². The molecule has 0 amide bonds. The molecule has 1 aromatic carbocycles. The van der Waals surface area contributed by atoms with Crippen molar-refractivity contribution < 1.29 is 18.7 Å². The van der Waals surface area contributed by atoms with E-state index in [0.717, 1.165) is 6.29 Å². The summed E-state index contributed by atoms with van der Waals surface area (Å²) in [6.07, 6.45) is 3.18. The lowest BCUT2D eigenvalue weighted by atomic mass is 10.0. The number of ether oxygens (including phenoxy) is 1. The van der Waals surface area contributed by atoms with Crippen LogP contribution in [0.15, 0.2) is 30.3 Å². The Bertz CT molecular complexity index is 422. The standard InChI is InChI=1S/C13H13FO3.C2H6/c1-17-13(16)12(4-2-3-9-15)10-5-7-11(14)8-6-10;1-2/h4-9H,2-3H2,1H3;1-2H3/b12-4-;. The largest absolute Gasteiger partial charge is 0.465 e. The van der Waals surface area contributed by atoms with E-state index in [-0.39, 0.29) is 5.82 Å². The van der Waals surface area contributed by atoms with Gasteiger partial charge in [-0.05, 0) is 24.1 Å². The van der Waals surface area contributed by atoms with Crippen molar-refractivity contribution in [2.45, 2.75) is 26.7 Å². The molecule has 0 N–H and O–H groups in total.